The van der Waals surface area contributed by atoms with E-state index in [4.69, 9.17) is 9.47 Å². The monoisotopic (exact) mass is 525 g/mol. The lowest BCUT2D eigenvalue weighted by Gasteiger charge is -2.22. The molecule has 0 spiro atoms. The predicted octanol–water partition coefficient (Wildman–Crippen LogP) is 4.15. The number of carbonyl (C=O) groups is 3. The molecule has 30 heavy (non-hydrogen) atoms. The van der Waals surface area contributed by atoms with Gasteiger partial charge in [0.15, 0.2) is 0 Å². The normalized spacial score (nSPS) is 12.7. The Hall–Kier alpha value is -2.62. The molecule has 0 radical (unpaired) electrons. The first-order chi connectivity index (χ1) is 14.3. The lowest BCUT2D eigenvalue weighted by molar-refractivity contribution is -0.140. The number of esters is 1. The van der Waals surface area contributed by atoms with Crippen LogP contribution in [0.25, 0.3) is 0 Å². The van der Waals surface area contributed by atoms with E-state index in [1.54, 1.807) is 38.1 Å². The van der Waals surface area contributed by atoms with Gasteiger partial charge in [-0.3, -0.25) is 4.79 Å². The first kappa shape index (κ1) is 23.7. The molecule has 8 heteroatoms. The average molecular weight is 525 g/mol. The number of nitrogens with one attached hydrogen (secondary N) is 1. The number of ether oxygens (including phenoxy) is 2. The van der Waals surface area contributed by atoms with E-state index in [9.17, 15) is 19.5 Å². The Balaban J connectivity index is 2.07. The molecule has 1 unspecified atom stereocenters. The topological polar surface area (TPSA) is 102 Å². The molecule has 0 heterocycles. The molecule has 0 fully saturated rings. The van der Waals surface area contributed by atoms with Crippen molar-refractivity contribution in [3.63, 3.8) is 0 Å². The molecule has 0 aliphatic rings. The number of alkyl carbamates (subject to hydrolysis) is 1. The van der Waals surface area contributed by atoms with Crippen LogP contribution >= 0.6 is 22.6 Å². The average Bonchev–Trinajstić information content (AvgIpc) is 2.72. The number of benzene rings is 2. The van der Waals surface area contributed by atoms with Crippen LogP contribution in [0.15, 0.2) is 54.6 Å². The highest BCUT2D eigenvalue weighted by molar-refractivity contribution is 14.1. The van der Waals surface area contributed by atoms with Gasteiger partial charge >= 0.3 is 18.0 Å². The van der Waals surface area contributed by atoms with Gasteiger partial charge in [0.1, 0.15) is 18.4 Å². The fraction of sp³-hybridized carbons (Fsp3) is 0.318. The van der Waals surface area contributed by atoms with Gasteiger partial charge in [-0.05, 0) is 17.5 Å². The highest BCUT2D eigenvalue weighted by Gasteiger charge is 2.29. The predicted molar refractivity (Wildman–Crippen MR) is 120 cm³/mol. The van der Waals surface area contributed by atoms with Crippen molar-refractivity contribution in [3.8, 4) is 5.75 Å². The van der Waals surface area contributed by atoms with Crippen molar-refractivity contribution >= 4 is 40.6 Å². The molecule has 0 aliphatic heterocycles. The Morgan fingerprint density at radius 2 is 1.67 bits per heavy atom. The van der Waals surface area contributed by atoms with Gasteiger partial charge in [-0.1, -0.05) is 85.0 Å². The SMILES string of the molecule is CC(C)[C@H](NC(=O)OCc1ccccc1)C(=O)Oc1ccccc1C(CI)C(=O)O. The minimum atomic E-state index is -1.00. The molecular weight excluding hydrogens is 501 g/mol. The summed E-state index contributed by atoms with van der Waals surface area (Å²) in [7, 11) is 0. The van der Waals surface area contributed by atoms with Crippen LogP contribution in [-0.4, -0.2) is 33.6 Å². The van der Waals surface area contributed by atoms with E-state index in [0.717, 1.165) is 5.56 Å². The van der Waals surface area contributed by atoms with E-state index < -0.39 is 30.0 Å². The van der Waals surface area contributed by atoms with Crippen LogP contribution in [0.2, 0.25) is 0 Å². The van der Waals surface area contributed by atoms with E-state index >= 15 is 0 Å². The maximum atomic E-state index is 12.8. The Labute approximate surface area is 188 Å². The third-order valence-corrected chi connectivity index (χ3v) is 5.24. The largest absolute Gasteiger partial charge is 0.481 e. The highest BCUT2D eigenvalue weighted by Crippen LogP contribution is 2.29. The number of para-hydroxylation sites is 1. The number of rotatable bonds is 9. The van der Waals surface area contributed by atoms with Crippen LogP contribution in [0.1, 0.15) is 30.9 Å². The summed E-state index contributed by atoms with van der Waals surface area (Å²) in [6.45, 7) is 3.60. The molecule has 0 aromatic heterocycles. The van der Waals surface area contributed by atoms with Gasteiger partial charge in [-0.25, -0.2) is 9.59 Å². The molecular formula is C22H24INO6. The molecule has 1 amide bonds. The standard InChI is InChI=1S/C22H24INO6/c1-14(2)19(24-22(28)29-13-15-8-4-3-5-9-15)21(27)30-18-11-7-6-10-16(18)17(12-23)20(25)26/h3-11,14,17,19H,12-13H2,1-2H3,(H,24,28)(H,25,26)/t17?,19-/m0/s1. The summed E-state index contributed by atoms with van der Waals surface area (Å²) >= 11 is 1.98. The first-order valence-electron chi connectivity index (χ1n) is 9.40. The van der Waals surface area contributed by atoms with Crippen molar-refractivity contribution in [1.29, 1.82) is 0 Å². The molecule has 2 aromatic rings. The third kappa shape index (κ3) is 6.72. The second-order valence-corrected chi connectivity index (χ2v) is 7.81. The van der Waals surface area contributed by atoms with Crippen molar-refractivity contribution in [3.05, 3.63) is 65.7 Å². The van der Waals surface area contributed by atoms with Crippen molar-refractivity contribution in [2.45, 2.75) is 32.4 Å². The molecule has 2 atom stereocenters. The number of carboxylic acids is 1. The number of halogens is 1. The maximum absolute atomic E-state index is 12.8. The zero-order valence-corrected chi connectivity index (χ0v) is 18.9. The van der Waals surface area contributed by atoms with Crippen LogP contribution in [0.3, 0.4) is 0 Å². The van der Waals surface area contributed by atoms with Gasteiger partial charge in [-0.15, -0.1) is 0 Å². The van der Waals surface area contributed by atoms with Crippen LogP contribution in [0.4, 0.5) is 4.79 Å². The molecule has 0 bridgehead atoms. The lowest BCUT2D eigenvalue weighted by atomic mass is 10.00. The smallest absolute Gasteiger partial charge is 0.408 e. The minimum Gasteiger partial charge on any atom is -0.481 e. The van der Waals surface area contributed by atoms with Crippen LogP contribution in [0.5, 0.6) is 5.75 Å². The number of hydrogen-bond donors (Lipinski definition) is 2. The van der Waals surface area contributed by atoms with Gasteiger partial charge in [0.25, 0.3) is 0 Å². The molecule has 2 aromatic carbocycles. The summed E-state index contributed by atoms with van der Waals surface area (Å²) in [5.74, 6) is -2.61. The second kappa shape index (κ2) is 11.5. The summed E-state index contributed by atoms with van der Waals surface area (Å²) in [6, 6.07) is 14.7. The van der Waals surface area contributed by atoms with E-state index in [1.807, 2.05) is 52.9 Å². The molecule has 0 saturated carbocycles. The van der Waals surface area contributed by atoms with Crippen molar-refractivity contribution in [1.82, 2.24) is 5.32 Å². The zero-order valence-electron chi connectivity index (χ0n) is 16.7. The summed E-state index contributed by atoms with van der Waals surface area (Å²) in [5, 5.41) is 12.0. The number of aliphatic carboxylic acids is 1. The van der Waals surface area contributed by atoms with E-state index in [2.05, 4.69) is 5.32 Å². The van der Waals surface area contributed by atoms with Gasteiger partial charge in [0, 0.05) is 9.99 Å². The summed E-state index contributed by atoms with van der Waals surface area (Å²) < 4.78 is 11.0. The maximum Gasteiger partial charge on any atom is 0.408 e. The molecule has 160 valence electrons. The van der Waals surface area contributed by atoms with Gasteiger partial charge in [0.05, 0.1) is 5.92 Å². The highest BCUT2D eigenvalue weighted by atomic mass is 127. The second-order valence-electron chi connectivity index (χ2n) is 6.93. The van der Waals surface area contributed by atoms with E-state index in [-0.39, 0.29) is 18.3 Å². The van der Waals surface area contributed by atoms with Crippen molar-refractivity contribution < 1.29 is 29.0 Å². The van der Waals surface area contributed by atoms with E-state index in [0.29, 0.717) is 9.99 Å². The molecule has 2 rings (SSSR count). The Bertz CT molecular complexity index is 871. The Morgan fingerprint density at radius 3 is 2.27 bits per heavy atom. The summed E-state index contributed by atoms with van der Waals surface area (Å²) in [4.78, 5) is 36.5. The Morgan fingerprint density at radius 1 is 1.03 bits per heavy atom. The van der Waals surface area contributed by atoms with E-state index in [1.165, 1.54) is 0 Å². The number of hydrogen-bond acceptors (Lipinski definition) is 5. The van der Waals surface area contributed by atoms with Crippen molar-refractivity contribution in [2.75, 3.05) is 4.43 Å². The lowest BCUT2D eigenvalue weighted by Crippen LogP contribution is -2.46. The number of carboxylic acid groups (broad SMARTS) is 1. The third-order valence-electron chi connectivity index (χ3n) is 4.36. The zero-order chi connectivity index (χ0) is 22.1. The van der Waals surface area contributed by atoms with Crippen LogP contribution < -0.4 is 10.1 Å². The number of carbonyl (C=O) groups excluding carboxylic acids is 2. The van der Waals surface area contributed by atoms with Crippen molar-refractivity contribution in [2.24, 2.45) is 5.92 Å². The molecule has 2 N–H and O–H groups in total. The summed E-state index contributed by atoms with van der Waals surface area (Å²) in [5.41, 5.74) is 1.23. The van der Waals surface area contributed by atoms with Gasteiger partial charge in [0.2, 0.25) is 0 Å². The van der Waals surface area contributed by atoms with Crippen LogP contribution in [0, 0.1) is 5.92 Å². The molecule has 0 aliphatic carbocycles. The summed E-state index contributed by atoms with van der Waals surface area (Å²) in [6.07, 6.45) is -0.738. The molecule has 0 saturated heterocycles. The number of amides is 1. The van der Waals surface area contributed by atoms with Crippen LogP contribution in [-0.2, 0) is 20.9 Å². The van der Waals surface area contributed by atoms with Gasteiger partial charge in [-0.2, -0.15) is 0 Å². The molecule has 7 nitrogen and oxygen atoms in total. The first-order valence-corrected chi connectivity index (χ1v) is 10.9. The Kier molecular flexibility index (Phi) is 9.10. The fourth-order valence-corrected chi connectivity index (χ4v) is 3.56. The quantitative estimate of drug-likeness (QED) is 0.221. The van der Waals surface area contributed by atoms with Gasteiger partial charge < -0.3 is 19.9 Å². The minimum absolute atomic E-state index is 0.0747. The fourth-order valence-electron chi connectivity index (χ4n) is 2.70. The number of alkyl halides is 1.